The van der Waals surface area contributed by atoms with Crippen LogP contribution in [0.15, 0.2) is 29.3 Å². The summed E-state index contributed by atoms with van der Waals surface area (Å²) in [7, 11) is 3.43. The minimum atomic E-state index is -0.243. The molecule has 1 atom stereocenters. The van der Waals surface area contributed by atoms with Crippen molar-refractivity contribution in [2.24, 2.45) is 10.4 Å². The van der Waals surface area contributed by atoms with E-state index in [1.165, 1.54) is 37.8 Å². The first-order chi connectivity index (χ1) is 13.1. The molecule has 0 amide bonds. The van der Waals surface area contributed by atoms with E-state index < -0.39 is 0 Å². The lowest BCUT2D eigenvalue weighted by Gasteiger charge is -2.30. The van der Waals surface area contributed by atoms with Crippen LogP contribution in [-0.4, -0.2) is 46.4 Å². The van der Waals surface area contributed by atoms with Crippen LogP contribution >= 0.6 is 0 Å². The second-order valence-corrected chi connectivity index (χ2v) is 7.24. The van der Waals surface area contributed by atoms with Crippen molar-refractivity contribution in [3.8, 4) is 0 Å². The van der Waals surface area contributed by atoms with E-state index in [9.17, 15) is 4.39 Å². The van der Waals surface area contributed by atoms with Crippen LogP contribution in [0.2, 0.25) is 0 Å². The van der Waals surface area contributed by atoms with Crippen LogP contribution in [0.5, 0.6) is 0 Å². The summed E-state index contributed by atoms with van der Waals surface area (Å²) in [5.74, 6) is 0.523. The molecule has 1 saturated carbocycles. The number of hydrogen-bond donors (Lipinski definition) is 2. The van der Waals surface area contributed by atoms with E-state index in [4.69, 9.17) is 9.47 Å². The summed E-state index contributed by atoms with van der Waals surface area (Å²) in [4.78, 5) is 4.34. The fourth-order valence-electron chi connectivity index (χ4n) is 3.77. The zero-order chi connectivity index (χ0) is 19.5. The summed E-state index contributed by atoms with van der Waals surface area (Å²) in [6.45, 7) is 5.09. The molecule has 0 heterocycles. The number of nitrogens with zero attached hydrogens (tertiary/aromatic N) is 1. The number of halogens is 1. The highest BCUT2D eigenvalue weighted by Crippen LogP contribution is 2.40. The fraction of sp³-hybridized carbons (Fsp3) is 0.667. The Hall–Kier alpha value is -1.66. The predicted octanol–water partition coefficient (Wildman–Crippen LogP) is 3.67. The molecule has 1 fully saturated rings. The van der Waals surface area contributed by atoms with Crippen LogP contribution < -0.4 is 10.6 Å². The summed E-state index contributed by atoms with van der Waals surface area (Å²) in [5.41, 5.74) is 1.23. The standard InChI is InChI=1S/C21H34FN3O2/c1-4-27-14-13-21(11-5-6-12-21)16-25-20(23-2)24-15-19(26-3)17-7-9-18(22)10-8-17/h7-10,19H,4-6,11-16H2,1-3H3,(H2,23,24,25). The van der Waals surface area contributed by atoms with Crippen LogP contribution in [0.1, 0.15) is 50.7 Å². The average molecular weight is 380 g/mol. The molecule has 0 spiro atoms. The molecule has 2 rings (SSSR count). The maximum atomic E-state index is 13.1. The molecule has 0 saturated heterocycles. The van der Waals surface area contributed by atoms with Gasteiger partial charge < -0.3 is 20.1 Å². The summed E-state index contributed by atoms with van der Waals surface area (Å²) in [5, 5.41) is 6.82. The number of hydrogen-bond acceptors (Lipinski definition) is 3. The van der Waals surface area contributed by atoms with Gasteiger partial charge in [0.05, 0.1) is 6.10 Å². The third-order valence-electron chi connectivity index (χ3n) is 5.48. The Bertz CT molecular complexity index is 571. The smallest absolute Gasteiger partial charge is 0.191 e. The molecule has 1 aromatic rings. The van der Waals surface area contributed by atoms with Gasteiger partial charge in [0.25, 0.3) is 0 Å². The van der Waals surface area contributed by atoms with Gasteiger partial charge in [-0.05, 0) is 49.3 Å². The minimum Gasteiger partial charge on any atom is -0.382 e. The predicted molar refractivity (Wildman–Crippen MR) is 108 cm³/mol. The van der Waals surface area contributed by atoms with Crippen molar-refractivity contribution in [2.45, 2.75) is 45.1 Å². The van der Waals surface area contributed by atoms with Crippen LogP contribution in [0.4, 0.5) is 4.39 Å². The van der Waals surface area contributed by atoms with Gasteiger partial charge in [-0.1, -0.05) is 25.0 Å². The van der Waals surface area contributed by atoms with Crippen LogP contribution in [0.3, 0.4) is 0 Å². The number of methoxy groups -OCH3 is 1. The third-order valence-corrected chi connectivity index (χ3v) is 5.48. The Morgan fingerprint density at radius 1 is 1.22 bits per heavy atom. The van der Waals surface area contributed by atoms with Crippen molar-refractivity contribution in [1.82, 2.24) is 10.6 Å². The number of rotatable bonds is 10. The molecular formula is C21H34FN3O2. The first kappa shape index (κ1) is 21.6. The number of ether oxygens (including phenoxy) is 2. The molecule has 0 aromatic heterocycles. The van der Waals surface area contributed by atoms with E-state index in [1.54, 1.807) is 26.3 Å². The number of benzene rings is 1. The number of nitrogens with one attached hydrogen (secondary N) is 2. The van der Waals surface area contributed by atoms with Gasteiger partial charge in [0.2, 0.25) is 0 Å². The molecule has 6 heteroatoms. The molecule has 1 aromatic carbocycles. The van der Waals surface area contributed by atoms with E-state index in [1.807, 2.05) is 6.92 Å². The Kier molecular flexibility index (Phi) is 9.01. The normalized spacial score (nSPS) is 17.7. The summed E-state index contributed by atoms with van der Waals surface area (Å²) >= 11 is 0. The van der Waals surface area contributed by atoms with Gasteiger partial charge in [0, 0.05) is 40.5 Å². The summed E-state index contributed by atoms with van der Waals surface area (Å²) in [6, 6.07) is 6.42. The van der Waals surface area contributed by atoms with Crippen molar-refractivity contribution in [3.05, 3.63) is 35.6 Å². The molecule has 1 aliphatic rings. The maximum absolute atomic E-state index is 13.1. The highest BCUT2D eigenvalue weighted by atomic mass is 19.1. The van der Waals surface area contributed by atoms with E-state index in [0.29, 0.717) is 12.0 Å². The molecule has 1 unspecified atom stereocenters. The zero-order valence-electron chi connectivity index (χ0n) is 16.9. The molecule has 27 heavy (non-hydrogen) atoms. The van der Waals surface area contributed by atoms with Crippen LogP contribution in [0.25, 0.3) is 0 Å². The second kappa shape index (κ2) is 11.2. The largest absolute Gasteiger partial charge is 0.382 e. The highest BCUT2D eigenvalue weighted by Gasteiger charge is 2.33. The molecule has 0 aliphatic heterocycles. The van der Waals surface area contributed by atoms with Gasteiger partial charge >= 0.3 is 0 Å². The van der Waals surface area contributed by atoms with Gasteiger partial charge in [-0.2, -0.15) is 0 Å². The van der Waals surface area contributed by atoms with Crippen LogP contribution in [0, 0.1) is 11.2 Å². The Morgan fingerprint density at radius 2 is 1.93 bits per heavy atom. The highest BCUT2D eigenvalue weighted by molar-refractivity contribution is 5.79. The van der Waals surface area contributed by atoms with E-state index >= 15 is 0 Å². The van der Waals surface area contributed by atoms with Gasteiger partial charge in [-0.3, -0.25) is 4.99 Å². The van der Waals surface area contributed by atoms with Gasteiger partial charge in [0.1, 0.15) is 5.82 Å². The summed E-state index contributed by atoms with van der Waals surface area (Å²) in [6.07, 6.45) is 5.97. The minimum absolute atomic E-state index is 0.164. The Balaban J connectivity index is 1.86. The quantitative estimate of drug-likeness (QED) is 0.370. The van der Waals surface area contributed by atoms with Crippen molar-refractivity contribution in [1.29, 1.82) is 0 Å². The van der Waals surface area contributed by atoms with Gasteiger partial charge in [-0.25, -0.2) is 4.39 Å². The SMILES string of the molecule is CCOCCC1(CNC(=NC)NCC(OC)c2ccc(F)cc2)CCCC1. The fourth-order valence-corrected chi connectivity index (χ4v) is 3.77. The Labute approximate surface area is 162 Å². The van der Waals surface area contributed by atoms with Crippen molar-refractivity contribution < 1.29 is 13.9 Å². The monoisotopic (exact) mass is 379 g/mol. The molecule has 2 N–H and O–H groups in total. The lowest BCUT2D eigenvalue weighted by Crippen LogP contribution is -2.44. The third kappa shape index (κ3) is 6.78. The first-order valence-electron chi connectivity index (χ1n) is 9.93. The molecule has 1 aliphatic carbocycles. The topological polar surface area (TPSA) is 54.9 Å². The average Bonchev–Trinajstić information content (AvgIpc) is 3.15. The first-order valence-corrected chi connectivity index (χ1v) is 9.93. The van der Waals surface area contributed by atoms with Crippen molar-refractivity contribution in [2.75, 3.05) is 40.5 Å². The number of aliphatic imine (C=N–C) groups is 1. The lowest BCUT2D eigenvalue weighted by atomic mass is 9.83. The number of guanidine groups is 1. The van der Waals surface area contributed by atoms with E-state index in [-0.39, 0.29) is 11.9 Å². The van der Waals surface area contributed by atoms with Gasteiger partial charge in [0.15, 0.2) is 5.96 Å². The van der Waals surface area contributed by atoms with E-state index in [0.717, 1.165) is 37.7 Å². The van der Waals surface area contributed by atoms with E-state index in [2.05, 4.69) is 15.6 Å². The molecular weight excluding hydrogens is 345 g/mol. The zero-order valence-corrected chi connectivity index (χ0v) is 16.9. The van der Waals surface area contributed by atoms with Gasteiger partial charge in [-0.15, -0.1) is 0 Å². The second-order valence-electron chi connectivity index (χ2n) is 7.24. The molecule has 5 nitrogen and oxygen atoms in total. The van der Waals surface area contributed by atoms with Crippen molar-refractivity contribution >= 4 is 5.96 Å². The molecule has 152 valence electrons. The summed E-state index contributed by atoms with van der Waals surface area (Å²) < 4.78 is 24.3. The van der Waals surface area contributed by atoms with Crippen molar-refractivity contribution in [3.63, 3.8) is 0 Å². The Morgan fingerprint density at radius 3 is 2.52 bits per heavy atom. The molecule has 0 radical (unpaired) electrons. The lowest BCUT2D eigenvalue weighted by molar-refractivity contribution is 0.103. The molecule has 0 bridgehead atoms. The van der Waals surface area contributed by atoms with Crippen LogP contribution in [-0.2, 0) is 9.47 Å². The maximum Gasteiger partial charge on any atom is 0.191 e.